The summed E-state index contributed by atoms with van der Waals surface area (Å²) in [4.78, 5) is 0. The van der Waals surface area contributed by atoms with E-state index < -0.39 is 11.9 Å². The SMILES string of the molecule is FC(F)(F)c1n[nH]c(C2CCC2)c1CCCl. The summed E-state index contributed by atoms with van der Waals surface area (Å²) in [6.45, 7) is 0. The van der Waals surface area contributed by atoms with Crippen LogP contribution in [0.5, 0.6) is 0 Å². The van der Waals surface area contributed by atoms with Crippen LogP contribution < -0.4 is 0 Å². The van der Waals surface area contributed by atoms with Crippen molar-refractivity contribution in [2.24, 2.45) is 0 Å². The quantitative estimate of drug-likeness (QED) is 0.820. The number of aromatic amines is 1. The van der Waals surface area contributed by atoms with Crippen molar-refractivity contribution < 1.29 is 13.2 Å². The number of halogens is 4. The van der Waals surface area contributed by atoms with Crippen molar-refractivity contribution >= 4 is 11.6 Å². The highest BCUT2D eigenvalue weighted by atomic mass is 35.5. The molecule has 1 heterocycles. The third-order valence-corrected chi connectivity index (χ3v) is 3.21. The summed E-state index contributed by atoms with van der Waals surface area (Å²) >= 11 is 5.54. The molecule has 0 radical (unpaired) electrons. The smallest absolute Gasteiger partial charge is 0.281 e. The molecule has 0 bridgehead atoms. The number of hydrogen-bond acceptors (Lipinski definition) is 1. The average Bonchev–Trinajstić information content (AvgIpc) is 2.46. The van der Waals surface area contributed by atoms with Crippen LogP contribution in [-0.4, -0.2) is 16.1 Å². The third kappa shape index (κ3) is 2.05. The van der Waals surface area contributed by atoms with E-state index in [4.69, 9.17) is 11.6 Å². The molecule has 2 rings (SSSR count). The number of nitrogens with one attached hydrogen (secondary N) is 1. The Morgan fingerprint density at radius 3 is 2.50 bits per heavy atom. The third-order valence-electron chi connectivity index (χ3n) is 3.03. The molecule has 0 aliphatic heterocycles. The maximum atomic E-state index is 12.6. The molecule has 16 heavy (non-hydrogen) atoms. The Morgan fingerprint density at radius 2 is 2.06 bits per heavy atom. The second-order valence-corrected chi connectivity index (χ2v) is 4.41. The molecule has 6 heteroatoms. The van der Waals surface area contributed by atoms with Gasteiger partial charge in [0.2, 0.25) is 0 Å². The molecule has 0 aromatic carbocycles. The van der Waals surface area contributed by atoms with E-state index in [0.717, 1.165) is 19.3 Å². The van der Waals surface area contributed by atoms with Gasteiger partial charge in [-0.05, 0) is 19.3 Å². The van der Waals surface area contributed by atoms with Gasteiger partial charge >= 0.3 is 6.18 Å². The molecule has 0 saturated heterocycles. The lowest BCUT2D eigenvalue weighted by Crippen LogP contribution is -2.14. The zero-order chi connectivity index (χ0) is 11.8. The Hall–Kier alpha value is -0.710. The lowest BCUT2D eigenvalue weighted by molar-refractivity contribution is -0.141. The Balaban J connectivity index is 2.34. The van der Waals surface area contributed by atoms with Crippen molar-refractivity contribution in [3.8, 4) is 0 Å². The van der Waals surface area contributed by atoms with Gasteiger partial charge in [-0.25, -0.2) is 0 Å². The molecule has 1 aliphatic rings. The van der Waals surface area contributed by atoms with E-state index >= 15 is 0 Å². The van der Waals surface area contributed by atoms with Crippen molar-refractivity contribution in [2.75, 3.05) is 5.88 Å². The fourth-order valence-corrected chi connectivity index (χ4v) is 2.18. The summed E-state index contributed by atoms with van der Waals surface area (Å²) < 4.78 is 37.9. The fraction of sp³-hybridized carbons (Fsp3) is 0.700. The Kier molecular flexibility index (Phi) is 3.15. The van der Waals surface area contributed by atoms with Crippen LogP contribution in [0.1, 0.15) is 42.1 Å². The summed E-state index contributed by atoms with van der Waals surface area (Å²) in [5, 5.41) is 5.94. The van der Waals surface area contributed by atoms with E-state index in [0.29, 0.717) is 5.69 Å². The number of rotatable bonds is 3. The molecular formula is C10H12ClF3N2. The lowest BCUT2D eigenvalue weighted by atomic mass is 9.81. The van der Waals surface area contributed by atoms with E-state index in [2.05, 4.69) is 10.2 Å². The molecule has 0 amide bonds. The van der Waals surface area contributed by atoms with E-state index in [1.54, 1.807) is 0 Å². The minimum absolute atomic E-state index is 0.183. The zero-order valence-electron chi connectivity index (χ0n) is 8.57. The predicted molar refractivity (Wildman–Crippen MR) is 54.6 cm³/mol. The van der Waals surface area contributed by atoms with Gasteiger partial charge in [0.15, 0.2) is 5.69 Å². The first-order chi connectivity index (χ1) is 7.54. The van der Waals surface area contributed by atoms with Gasteiger partial charge in [0.05, 0.1) is 0 Å². The highest BCUT2D eigenvalue weighted by molar-refractivity contribution is 6.18. The molecule has 1 saturated carbocycles. The van der Waals surface area contributed by atoms with Gasteiger partial charge in [0, 0.05) is 23.1 Å². The molecule has 0 spiro atoms. The Morgan fingerprint density at radius 1 is 1.38 bits per heavy atom. The molecule has 1 aromatic heterocycles. The normalized spacial score (nSPS) is 17.5. The largest absolute Gasteiger partial charge is 0.435 e. The lowest BCUT2D eigenvalue weighted by Gasteiger charge is -2.25. The molecule has 0 atom stereocenters. The van der Waals surface area contributed by atoms with Crippen LogP contribution in [0.15, 0.2) is 0 Å². The number of aromatic nitrogens is 2. The molecule has 1 aliphatic carbocycles. The van der Waals surface area contributed by atoms with Gasteiger partial charge in [-0.15, -0.1) is 11.6 Å². The van der Waals surface area contributed by atoms with Crippen molar-refractivity contribution in [3.05, 3.63) is 17.0 Å². The fourth-order valence-electron chi connectivity index (χ4n) is 2.00. The second-order valence-electron chi connectivity index (χ2n) is 4.03. The second kappa shape index (κ2) is 4.28. The predicted octanol–water partition coefficient (Wildman–Crippen LogP) is 3.48. The zero-order valence-corrected chi connectivity index (χ0v) is 9.33. The van der Waals surface area contributed by atoms with Gasteiger partial charge in [-0.2, -0.15) is 18.3 Å². The number of H-pyrrole nitrogens is 1. The van der Waals surface area contributed by atoms with Crippen LogP contribution in [0, 0.1) is 0 Å². The summed E-state index contributed by atoms with van der Waals surface area (Å²) in [7, 11) is 0. The van der Waals surface area contributed by atoms with Crippen molar-refractivity contribution in [1.82, 2.24) is 10.2 Å². The average molecular weight is 253 g/mol. The van der Waals surface area contributed by atoms with E-state index in [9.17, 15) is 13.2 Å². The minimum Gasteiger partial charge on any atom is -0.281 e. The highest BCUT2D eigenvalue weighted by Crippen LogP contribution is 2.40. The van der Waals surface area contributed by atoms with Crippen molar-refractivity contribution in [1.29, 1.82) is 0 Å². The molecule has 1 fully saturated rings. The van der Waals surface area contributed by atoms with Gasteiger partial charge in [0.25, 0.3) is 0 Å². The van der Waals surface area contributed by atoms with Crippen LogP contribution in [0.4, 0.5) is 13.2 Å². The van der Waals surface area contributed by atoms with Gasteiger partial charge in [0.1, 0.15) is 0 Å². The van der Waals surface area contributed by atoms with E-state index in [-0.39, 0.29) is 23.8 Å². The van der Waals surface area contributed by atoms with Gasteiger partial charge < -0.3 is 0 Å². The van der Waals surface area contributed by atoms with E-state index in [1.165, 1.54) is 0 Å². The van der Waals surface area contributed by atoms with Gasteiger partial charge in [-0.1, -0.05) is 6.42 Å². The molecule has 1 aromatic rings. The number of hydrogen-bond donors (Lipinski definition) is 1. The Bertz CT molecular complexity index is 369. The molecule has 1 N–H and O–H groups in total. The maximum absolute atomic E-state index is 12.6. The van der Waals surface area contributed by atoms with Crippen molar-refractivity contribution in [2.45, 2.75) is 37.8 Å². The summed E-state index contributed by atoms with van der Waals surface area (Å²) in [6.07, 6.45) is -1.21. The molecular weight excluding hydrogens is 241 g/mol. The van der Waals surface area contributed by atoms with Crippen LogP contribution in [0.3, 0.4) is 0 Å². The number of alkyl halides is 4. The summed E-state index contributed by atoms with van der Waals surface area (Å²) in [6, 6.07) is 0. The first-order valence-electron chi connectivity index (χ1n) is 5.24. The standard InChI is InChI=1S/C10H12ClF3N2/c11-5-4-7-8(6-2-1-3-6)15-16-9(7)10(12,13)14/h6H,1-5H2,(H,15,16). The van der Waals surface area contributed by atoms with Crippen molar-refractivity contribution in [3.63, 3.8) is 0 Å². The number of nitrogens with zero attached hydrogens (tertiary/aromatic N) is 1. The summed E-state index contributed by atoms with van der Waals surface area (Å²) in [5.41, 5.74) is 0.0986. The van der Waals surface area contributed by atoms with Crippen LogP contribution >= 0.6 is 11.6 Å². The first-order valence-corrected chi connectivity index (χ1v) is 5.77. The Labute approximate surface area is 96.2 Å². The monoisotopic (exact) mass is 252 g/mol. The van der Waals surface area contributed by atoms with Gasteiger partial charge in [-0.3, -0.25) is 5.10 Å². The topological polar surface area (TPSA) is 28.7 Å². The van der Waals surface area contributed by atoms with Crippen LogP contribution in [0.2, 0.25) is 0 Å². The minimum atomic E-state index is -4.39. The molecule has 0 unspecified atom stereocenters. The maximum Gasteiger partial charge on any atom is 0.435 e. The van der Waals surface area contributed by atoms with Crippen LogP contribution in [-0.2, 0) is 12.6 Å². The molecule has 90 valence electrons. The van der Waals surface area contributed by atoms with Crippen LogP contribution in [0.25, 0.3) is 0 Å². The summed E-state index contributed by atoms with van der Waals surface area (Å²) in [5.74, 6) is 0.393. The molecule has 2 nitrogen and oxygen atoms in total. The van der Waals surface area contributed by atoms with E-state index in [1.807, 2.05) is 0 Å². The first kappa shape index (κ1) is 11.8. The highest BCUT2D eigenvalue weighted by Gasteiger charge is 2.39.